The maximum atomic E-state index is 12.8. The lowest BCUT2D eigenvalue weighted by Crippen LogP contribution is -2.40. The van der Waals surface area contributed by atoms with Gasteiger partial charge in [0.25, 0.3) is 0 Å². The largest absolute Gasteiger partial charge is 0.497 e. The van der Waals surface area contributed by atoms with E-state index in [-0.39, 0.29) is 5.91 Å². The second-order valence-electron chi connectivity index (χ2n) is 7.72. The van der Waals surface area contributed by atoms with Crippen molar-refractivity contribution in [3.8, 4) is 22.8 Å². The van der Waals surface area contributed by atoms with Crippen LogP contribution in [0, 0.1) is 5.92 Å². The predicted molar refractivity (Wildman–Crippen MR) is 124 cm³/mol. The smallest absolute Gasteiger partial charge is 0.233 e. The fraction of sp³-hybridized carbons (Fsp3) is 0.348. The lowest BCUT2D eigenvalue weighted by Gasteiger charge is -2.30. The highest BCUT2D eigenvalue weighted by molar-refractivity contribution is 7.99. The Morgan fingerprint density at radius 1 is 1.16 bits per heavy atom. The van der Waals surface area contributed by atoms with Crippen molar-refractivity contribution in [1.29, 1.82) is 0 Å². The Kier molecular flexibility index (Phi) is 6.83. The average Bonchev–Trinajstić information content (AvgIpc) is 3.22. The number of carbonyl (C=O) groups is 1. The van der Waals surface area contributed by atoms with E-state index in [4.69, 9.17) is 16.3 Å². The van der Waals surface area contributed by atoms with Crippen molar-refractivity contribution < 1.29 is 9.53 Å². The summed E-state index contributed by atoms with van der Waals surface area (Å²) in [6.45, 7) is 3.87. The summed E-state index contributed by atoms with van der Waals surface area (Å²) in [7, 11) is 1.64. The number of hydrogen-bond donors (Lipinski definition) is 0. The predicted octanol–water partition coefficient (Wildman–Crippen LogP) is 4.95. The van der Waals surface area contributed by atoms with E-state index in [1.54, 1.807) is 7.11 Å². The van der Waals surface area contributed by atoms with E-state index in [9.17, 15) is 4.79 Å². The van der Waals surface area contributed by atoms with Crippen molar-refractivity contribution >= 4 is 29.3 Å². The fourth-order valence-corrected chi connectivity index (χ4v) is 4.73. The molecule has 31 heavy (non-hydrogen) atoms. The molecule has 2 heterocycles. The molecule has 1 saturated heterocycles. The Labute approximate surface area is 191 Å². The zero-order chi connectivity index (χ0) is 21.8. The topological polar surface area (TPSA) is 60.2 Å². The summed E-state index contributed by atoms with van der Waals surface area (Å²) in [4.78, 5) is 14.7. The average molecular weight is 457 g/mol. The van der Waals surface area contributed by atoms with Crippen molar-refractivity contribution in [2.24, 2.45) is 5.92 Å². The van der Waals surface area contributed by atoms with Crippen LogP contribution in [-0.4, -0.2) is 51.5 Å². The maximum absolute atomic E-state index is 12.8. The number of aromatic nitrogens is 3. The Balaban J connectivity index is 1.62. The molecule has 0 bridgehead atoms. The molecule has 162 valence electrons. The summed E-state index contributed by atoms with van der Waals surface area (Å²) in [5.74, 6) is 2.51. The molecule has 0 radical (unpaired) electrons. The highest BCUT2D eigenvalue weighted by Gasteiger charge is 2.23. The molecular formula is C23H25ClN4O2S. The van der Waals surface area contributed by atoms with Crippen LogP contribution in [0.25, 0.3) is 17.1 Å². The van der Waals surface area contributed by atoms with Gasteiger partial charge in [0.05, 0.1) is 12.9 Å². The van der Waals surface area contributed by atoms with Crippen LogP contribution in [0.15, 0.2) is 53.7 Å². The number of nitrogens with zero attached hydrogens (tertiary/aromatic N) is 4. The molecule has 3 aromatic rings. The second-order valence-corrected chi connectivity index (χ2v) is 9.10. The van der Waals surface area contributed by atoms with Crippen LogP contribution in [0.1, 0.15) is 19.8 Å². The van der Waals surface area contributed by atoms with Crippen LogP contribution in [-0.2, 0) is 4.79 Å². The van der Waals surface area contributed by atoms with E-state index in [2.05, 4.69) is 17.1 Å². The third-order valence-corrected chi connectivity index (χ3v) is 6.57. The van der Waals surface area contributed by atoms with Gasteiger partial charge in [0.15, 0.2) is 11.0 Å². The Hall–Kier alpha value is -2.51. The summed E-state index contributed by atoms with van der Waals surface area (Å²) >= 11 is 7.47. The highest BCUT2D eigenvalue weighted by atomic mass is 35.5. The number of halogens is 1. The minimum absolute atomic E-state index is 0.147. The van der Waals surface area contributed by atoms with E-state index in [0.717, 1.165) is 36.5 Å². The van der Waals surface area contributed by atoms with Crippen molar-refractivity contribution in [3.63, 3.8) is 0 Å². The van der Waals surface area contributed by atoms with E-state index in [1.165, 1.54) is 18.2 Å². The number of hydrogen-bond acceptors (Lipinski definition) is 5. The van der Waals surface area contributed by atoms with Crippen molar-refractivity contribution in [2.45, 2.75) is 24.9 Å². The molecule has 6 nitrogen and oxygen atoms in total. The molecule has 0 N–H and O–H groups in total. The zero-order valence-corrected chi connectivity index (χ0v) is 19.2. The third-order valence-electron chi connectivity index (χ3n) is 5.40. The van der Waals surface area contributed by atoms with Crippen molar-refractivity contribution in [3.05, 3.63) is 53.6 Å². The molecule has 1 unspecified atom stereocenters. The van der Waals surface area contributed by atoms with E-state index >= 15 is 0 Å². The normalized spacial score (nSPS) is 16.4. The minimum Gasteiger partial charge on any atom is -0.497 e. The lowest BCUT2D eigenvalue weighted by atomic mass is 10.0. The van der Waals surface area contributed by atoms with Gasteiger partial charge in [0.2, 0.25) is 5.91 Å². The molecule has 4 rings (SSSR count). The van der Waals surface area contributed by atoms with Gasteiger partial charge in [-0.3, -0.25) is 9.36 Å². The van der Waals surface area contributed by atoms with Gasteiger partial charge < -0.3 is 9.64 Å². The minimum atomic E-state index is 0.147. The Bertz CT molecular complexity index is 1040. The van der Waals surface area contributed by atoms with Gasteiger partial charge in [0, 0.05) is 29.4 Å². The molecule has 0 saturated carbocycles. The van der Waals surface area contributed by atoms with Gasteiger partial charge in [-0.05, 0) is 67.3 Å². The van der Waals surface area contributed by atoms with Gasteiger partial charge in [-0.2, -0.15) is 0 Å². The first-order chi connectivity index (χ1) is 15.0. The van der Waals surface area contributed by atoms with Crippen LogP contribution < -0.4 is 4.74 Å². The molecule has 8 heteroatoms. The van der Waals surface area contributed by atoms with Crippen molar-refractivity contribution in [1.82, 2.24) is 19.7 Å². The Morgan fingerprint density at radius 2 is 1.90 bits per heavy atom. The number of ether oxygens (including phenoxy) is 1. The van der Waals surface area contributed by atoms with Gasteiger partial charge in [-0.1, -0.05) is 30.3 Å². The van der Waals surface area contributed by atoms with E-state index in [1.807, 2.05) is 58.0 Å². The number of carbonyl (C=O) groups excluding carboxylic acids is 1. The zero-order valence-electron chi connectivity index (χ0n) is 17.6. The molecule has 0 aliphatic carbocycles. The molecule has 1 atom stereocenters. The first kappa shape index (κ1) is 21.7. The van der Waals surface area contributed by atoms with E-state index in [0.29, 0.717) is 27.7 Å². The number of rotatable bonds is 6. The SMILES string of the molecule is COc1ccc(-n2c(SCC(=O)N3CCCC(C)C3)nnc2-c2ccc(Cl)cc2)cc1. The third kappa shape index (κ3) is 5.05. The lowest BCUT2D eigenvalue weighted by molar-refractivity contribution is -0.130. The molecule has 1 aliphatic rings. The van der Waals surface area contributed by atoms with Gasteiger partial charge in [-0.25, -0.2) is 0 Å². The molecule has 1 aromatic heterocycles. The monoisotopic (exact) mass is 456 g/mol. The molecule has 1 aliphatic heterocycles. The van der Waals surface area contributed by atoms with Crippen LogP contribution in [0.2, 0.25) is 5.02 Å². The van der Waals surface area contributed by atoms with Crippen LogP contribution in [0.3, 0.4) is 0 Å². The quantitative estimate of drug-likeness (QED) is 0.491. The standard InChI is InChI=1S/C23H25ClN4O2S/c1-16-4-3-13-27(14-16)21(29)15-31-23-26-25-22(17-5-7-18(24)8-6-17)28(23)19-9-11-20(30-2)12-10-19/h5-12,16H,3-4,13-15H2,1-2H3. The summed E-state index contributed by atoms with van der Waals surface area (Å²) in [5.41, 5.74) is 1.80. The first-order valence-electron chi connectivity index (χ1n) is 10.3. The molecular weight excluding hydrogens is 432 g/mol. The number of thioether (sulfide) groups is 1. The van der Waals surface area contributed by atoms with E-state index < -0.39 is 0 Å². The number of amides is 1. The van der Waals surface area contributed by atoms with Crippen molar-refractivity contribution in [2.75, 3.05) is 26.0 Å². The molecule has 0 spiro atoms. The fourth-order valence-electron chi connectivity index (χ4n) is 3.75. The number of piperidine rings is 1. The molecule has 1 fully saturated rings. The van der Waals surface area contributed by atoms with Crippen LogP contribution in [0.4, 0.5) is 0 Å². The summed E-state index contributed by atoms with van der Waals surface area (Å²) in [6, 6.07) is 15.2. The maximum Gasteiger partial charge on any atom is 0.233 e. The second kappa shape index (κ2) is 9.75. The summed E-state index contributed by atoms with van der Waals surface area (Å²) in [6.07, 6.45) is 2.26. The number of benzene rings is 2. The molecule has 1 amide bonds. The first-order valence-corrected chi connectivity index (χ1v) is 11.7. The Morgan fingerprint density at radius 3 is 2.58 bits per heavy atom. The number of methoxy groups -OCH3 is 1. The van der Waals surface area contributed by atoms with Crippen LogP contribution in [0.5, 0.6) is 5.75 Å². The highest BCUT2D eigenvalue weighted by Crippen LogP contribution is 2.30. The van der Waals surface area contributed by atoms with Gasteiger partial charge in [-0.15, -0.1) is 10.2 Å². The molecule has 2 aromatic carbocycles. The number of likely N-dealkylation sites (tertiary alicyclic amines) is 1. The summed E-state index contributed by atoms with van der Waals surface area (Å²) < 4.78 is 7.26. The van der Waals surface area contributed by atoms with Gasteiger partial charge >= 0.3 is 0 Å². The van der Waals surface area contributed by atoms with Crippen LogP contribution >= 0.6 is 23.4 Å². The van der Waals surface area contributed by atoms with Gasteiger partial charge in [0.1, 0.15) is 5.75 Å². The summed E-state index contributed by atoms with van der Waals surface area (Å²) in [5, 5.41) is 10.2.